The lowest BCUT2D eigenvalue weighted by Gasteiger charge is -2.25. The van der Waals surface area contributed by atoms with Crippen LogP contribution in [0.2, 0.25) is 5.02 Å². The number of ether oxygens (including phenoxy) is 2. The second-order valence-corrected chi connectivity index (χ2v) is 8.35. The number of rotatable bonds is 8. The molecule has 3 aromatic rings. The largest absolute Gasteiger partial charge is 0.494 e. The average Bonchev–Trinajstić information content (AvgIpc) is 3.06. The maximum atomic E-state index is 13.6. The van der Waals surface area contributed by atoms with Crippen molar-refractivity contribution in [3.05, 3.63) is 74.1 Å². The summed E-state index contributed by atoms with van der Waals surface area (Å²) in [4.78, 5) is 28.6. The normalized spacial score (nSPS) is 15.4. The summed E-state index contributed by atoms with van der Waals surface area (Å²) < 4.78 is 17.0. The second-order valence-electron chi connectivity index (χ2n) is 7.94. The van der Waals surface area contributed by atoms with Gasteiger partial charge in [-0.05, 0) is 55.2 Å². The number of carbonyl (C=O) groups is 1. The van der Waals surface area contributed by atoms with E-state index < -0.39 is 6.04 Å². The van der Waals surface area contributed by atoms with Crippen LogP contribution >= 0.6 is 11.6 Å². The Labute approximate surface area is 191 Å². The molecule has 0 bridgehead atoms. The second kappa shape index (κ2) is 9.35. The van der Waals surface area contributed by atoms with Gasteiger partial charge in [0.25, 0.3) is 5.91 Å². The molecule has 2 aromatic carbocycles. The molecule has 168 valence electrons. The molecule has 4 rings (SSSR count). The van der Waals surface area contributed by atoms with E-state index in [0.717, 1.165) is 17.5 Å². The predicted molar refractivity (Wildman–Crippen MR) is 124 cm³/mol. The highest BCUT2D eigenvalue weighted by Crippen LogP contribution is 2.39. The number of fused-ring (bicyclic) bond motifs is 2. The molecule has 0 saturated carbocycles. The number of hydrogen-bond acceptors (Lipinski definition) is 5. The van der Waals surface area contributed by atoms with Crippen molar-refractivity contribution in [1.29, 1.82) is 0 Å². The van der Waals surface area contributed by atoms with E-state index in [2.05, 4.69) is 0 Å². The number of methoxy groups -OCH3 is 1. The molecule has 1 aromatic heterocycles. The molecule has 1 amide bonds. The van der Waals surface area contributed by atoms with Crippen LogP contribution in [0.1, 0.15) is 53.1 Å². The quantitative estimate of drug-likeness (QED) is 0.440. The third kappa shape index (κ3) is 4.00. The molecule has 1 aliphatic heterocycles. The summed E-state index contributed by atoms with van der Waals surface area (Å²) in [6.45, 7) is 5.39. The van der Waals surface area contributed by atoms with Gasteiger partial charge in [0.1, 0.15) is 11.3 Å². The number of aryl methyl sites for hydroxylation is 1. The molecule has 7 heteroatoms. The fraction of sp³-hybridized carbons (Fsp3) is 0.360. The Morgan fingerprint density at radius 3 is 2.72 bits per heavy atom. The first-order valence-electron chi connectivity index (χ1n) is 10.8. The van der Waals surface area contributed by atoms with Gasteiger partial charge in [0, 0.05) is 25.3 Å². The van der Waals surface area contributed by atoms with Gasteiger partial charge >= 0.3 is 0 Å². The highest BCUT2D eigenvalue weighted by atomic mass is 35.5. The van der Waals surface area contributed by atoms with Crippen molar-refractivity contribution in [3.8, 4) is 5.75 Å². The summed E-state index contributed by atoms with van der Waals surface area (Å²) in [6.07, 6.45) is 1.52. The molecule has 32 heavy (non-hydrogen) atoms. The Hall–Kier alpha value is -2.83. The first kappa shape index (κ1) is 22.4. The van der Waals surface area contributed by atoms with Crippen molar-refractivity contribution in [1.82, 2.24) is 4.90 Å². The first-order valence-corrected chi connectivity index (χ1v) is 11.1. The van der Waals surface area contributed by atoms with E-state index in [9.17, 15) is 9.59 Å². The van der Waals surface area contributed by atoms with E-state index in [0.29, 0.717) is 53.5 Å². The molecule has 2 heterocycles. The SMILES string of the molecule is CCCOc1cccc(C2c3c(oc4cc(C)c(Cl)cc4c3=O)C(=O)N2CCCOC)c1. The zero-order valence-electron chi connectivity index (χ0n) is 18.4. The van der Waals surface area contributed by atoms with Gasteiger partial charge in [-0.25, -0.2) is 0 Å². The van der Waals surface area contributed by atoms with Gasteiger partial charge in [0.05, 0.1) is 23.6 Å². The highest BCUT2D eigenvalue weighted by molar-refractivity contribution is 6.32. The maximum absolute atomic E-state index is 13.6. The molecule has 0 radical (unpaired) electrons. The van der Waals surface area contributed by atoms with Gasteiger partial charge in [-0.1, -0.05) is 30.7 Å². The number of carbonyl (C=O) groups excluding carboxylic acids is 1. The molecule has 0 fully saturated rings. The fourth-order valence-corrected chi connectivity index (χ4v) is 4.26. The van der Waals surface area contributed by atoms with Gasteiger partial charge in [-0.3, -0.25) is 9.59 Å². The van der Waals surface area contributed by atoms with Gasteiger partial charge in [-0.15, -0.1) is 0 Å². The van der Waals surface area contributed by atoms with Crippen LogP contribution in [0, 0.1) is 6.92 Å². The smallest absolute Gasteiger partial charge is 0.290 e. The Bertz CT molecular complexity index is 1220. The third-order valence-corrected chi connectivity index (χ3v) is 6.05. The van der Waals surface area contributed by atoms with E-state index in [1.54, 1.807) is 24.1 Å². The number of halogens is 1. The lowest BCUT2D eigenvalue weighted by molar-refractivity contribution is 0.0707. The lowest BCUT2D eigenvalue weighted by Crippen LogP contribution is -2.31. The molecule has 1 aliphatic rings. The number of benzene rings is 2. The van der Waals surface area contributed by atoms with Crippen LogP contribution in [0.3, 0.4) is 0 Å². The number of hydrogen-bond donors (Lipinski definition) is 0. The van der Waals surface area contributed by atoms with E-state index in [-0.39, 0.29) is 17.1 Å². The van der Waals surface area contributed by atoms with Crippen molar-refractivity contribution < 1.29 is 18.7 Å². The van der Waals surface area contributed by atoms with Crippen molar-refractivity contribution in [3.63, 3.8) is 0 Å². The van der Waals surface area contributed by atoms with E-state index in [1.165, 1.54) is 0 Å². The van der Waals surface area contributed by atoms with Crippen molar-refractivity contribution >= 4 is 28.5 Å². The Morgan fingerprint density at radius 2 is 1.97 bits per heavy atom. The van der Waals surface area contributed by atoms with Gasteiger partial charge in [-0.2, -0.15) is 0 Å². The topological polar surface area (TPSA) is 69.0 Å². The van der Waals surface area contributed by atoms with Crippen LogP contribution in [-0.2, 0) is 4.74 Å². The van der Waals surface area contributed by atoms with Crippen LogP contribution < -0.4 is 10.2 Å². The average molecular weight is 456 g/mol. The van der Waals surface area contributed by atoms with Gasteiger partial charge in [0.2, 0.25) is 5.76 Å². The molecule has 0 aliphatic carbocycles. The molecular formula is C25H26ClNO5. The minimum Gasteiger partial charge on any atom is -0.494 e. The maximum Gasteiger partial charge on any atom is 0.290 e. The number of amides is 1. The molecular weight excluding hydrogens is 430 g/mol. The molecule has 0 spiro atoms. The van der Waals surface area contributed by atoms with Crippen LogP contribution in [0.4, 0.5) is 0 Å². The minimum absolute atomic E-state index is 0.0894. The monoisotopic (exact) mass is 455 g/mol. The minimum atomic E-state index is -0.569. The summed E-state index contributed by atoms with van der Waals surface area (Å²) in [7, 11) is 1.62. The highest BCUT2D eigenvalue weighted by Gasteiger charge is 2.42. The van der Waals surface area contributed by atoms with Crippen LogP contribution in [0.25, 0.3) is 11.0 Å². The number of nitrogens with zero attached hydrogens (tertiary/aromatic N) is 1. The zero-order chi connectivity index (χ0) is 22.8. The standard InChI is InChI=1S/C25H26ClNO5/c1-4-10-31-17-8-5-7-16(13-17)22-21-23(28)18-14-19(26)15(2)12-20(18)32-24(21)25(29)27(22)9-6-11-30-3/h5,7-8,12-14,22H,4,6,9-11H2,1-3H3. The molecule has 1 atom stereocenters. The van der Waals surface area contributed by atoms with E-state index >= 15 is 0 Å². The van der Waals surface area contributed by atoms with E-state index in [4.69, 9.17) is 25.5 Å². The van der Waals surface area contributed by atoms with Crippen molar-refractivity contribution in [2.24, 2.45) is 0 Å². The van der Waals surface area contributed by atoms with Gasteiger partial charge < -0.3 is 18.8 Å². The Kier molecular flexibility index (Phi) is 6.53. The third-order valence-electron chi connectivity index (χ3n) is 5.64. The van der Waals surface area contributed by atoms with Crippen molar-refractivity contribution in [2.45, 2.75) is 32.7 Å². The van der Waals surface area contributed by atoms with Crippen LogP contribution in [-0.4, -0.2) is 37.7 Å². The summed E-state index contributed by atoms with van der Waals surface area (Å²) in [5.41, 5.74) is 2.04. The molecule has 1 unspecified atom stereocenters. The van der Waals surface area contributed by atoms with Crippen molar-refractivity contribution in [2.75, 3.05) is 26.9 Å². The summed E-state index contributed by atoms with van der Waals surface area (Å²) in [6, 6.07) is 10.3. The van der Waals surface area contributed by atoms with Crippen LogP contribution in [0.5, 0.6) is 5.75 Å². The summed E-state index contributed by atoms with van der Waals surface area (Å²) in [5, 5.41) is 0.854. The zero-order valence-corrected chi connectivity index (χ0v) is 19.2. The Morgan fingerprint density at radius 1 is 1.16 bits per heavy atom. The lowest BCUT2D eigenvalue weighted by atomic mass is 9.98. The molecule has 6 nitrogen and oxygen atoms in total. The van der Waals surface area contributed by atoms with Gasteiger partial charge in [0.15, 0.2) is 5.43 Å². The van der Waals surface area contributed by atoms with Crippen LogP contribution in [0.15, 0.2) is 45.6 Å². The molecule has 0 saturated heterocycles. The summed E-state index contributed by atoms with van der Waals surface area (Å²) in [5.74, 6) is 0.491. The predicted octanol–water partition coefficient (Wildman–Crippen LogP) is 5.13. The fourth-order valence-electron chi connectivity index (χ4n) is 4.09. The first-order chi connectivity index (χ1) is 15.5. The Balaban J connectivity index is 1.88. The molecule has 0 N–H and O–H groups in total. The van der Waals surface area contributed by atoms with E-state index in [1.807, 2.05) is 38.1 Å². The summed E-state index contributed by atoms with van der Waals surface area (Å²) >= 11 is 6.29.